The molecule has 0 bridgehead atoms. The van der Waals surface area contributed by atoms with Crippen molar-refractivity contribution in [2.75, 3.05) is 5.32 Å². The lowest BCUT2D eigenvalue weighted by molar-refractivity contribution is -0.286. The second-order valence-corrected chi connectivity index (χ2v) is 5.46. The van der Waals surface area contributed by atoms with Gasteiger partial charge in [0.2, 0.25) is 0 Å². The quantitative estimate of drug-likeness (QED) is 0.936. The molecule has 0 saturated carbocycles. The molecule has 7 heteroatoms. The molecule has 0 saturated heterocycles. The molecule has 2 aromatic rings. The Kier molecular flexibility index (Phi) is 3.21. The Labute approximate surface area is 118 Å². The molecule has 1 aromatic heterocycles. The molecular weight excluding hydrogens is 286 g/mol. The fourth-order valence-corrected chi connectivity index (χ4v) is 2.64. The summed E-state index contributed by atoms with van der Waals surface area (Å²) in [4.78, 5) is 5.35. The minimum Gasteiger partial charge on any atom is -0.395 e. The van der Waals surface area contributed by atoms with Gasteiger partial charge in [-0.2, -0.15) is 0 Å². The van der Waals surface area contributed by atoms with Crippen LogP contribution in [0.4, 0.5) is 14.5 Å². The maximum atomic E-state index is 12.9. The minimum absolute atomic E-state index is 0.0403. The second-order valence-electron chi connectivity index (χ2n) is 4.26. The van der Waals surface area contributed by atoms with E-state index in [1.54, 1.807) is 17.4 Å². The van der Waals surface area contributed by atoms with Crippen molar-refractivity contribution in [1.29, 1.82) is 0 Å². The van der Waals surface area contributed by atoms with Crippen LogP contribution in [-0.4, -0.2) is 11.3 Å². The Balaban J connectivity index is 1.67. The largest absolute Gasteiger partial charge is 0.586 e. The lowest BCUT2D eigenvalue weighted by Crippen LogP contribution is -2.25. The summed E-state index contributed by atoms with van der Waals surface area (Å²) in [6, 6.07) is 4.63. The van der Waals surface area contributed by atoms with E-state index in [4.69, 9.17) is 0 Å². The summed E-state index contributed by atoms with van der Waals surface area (Å²) in [7, 11) is 0. The van der Waals surface area contributed by atoms with Crippen LogP contribution < -0.4 is 14.8 Å². The number of ether oxygens (including phenoxy) is 2. The van der Waals surface area contributed by atoms with E-state index in [1.165, 1.54) is 12.1 Å². The lowest BCUT2D eigenvalue weighted by atomic mass is 10.3. The van der Waals surface area contributed by atoms with Crippen LogP contribution in [0.25, 0.3) is 0 Å². The van der Waals surface area contributed by atoms with Crippen molar-refractivity contribution in [3.8, 4) is 11.5 Å². The van der Waals surface area contributed by atoms with E-state index in [2.05, 4.69) is 19.8 Å². The van der Waals surface area contributed by atoms with E-state index in [9.17, 15) is 8.78 Å². The Hall–Kier alpha value is -1.89. The first-order chi connectivity index (χ1) is 9.55. The molecule has 0 radical (unpaired) electrons. The van der Waals surface area contributed by atoms with E-state index in [-0.39, 0.29) is 11.5 Å². The normalized spacial score (nSPS) is 15.3. The average Bonchev–Trinajstić information content (AvgIpc) is 2.97. The molecule has 0 aliphatic carbocycles. The number of thiazole rings is 1. The maximum absolute atomic E-state index is 12.9. The van der Waals surface area contributed by atoms with Crippen LogP contribution in [0.3, 0.4) is 0 Å². The molecule has 20 heavy (non-hydrogen) atoms. The van der Waals surface area contributed by atoms with Crippen molar-refractivity contribution in [2.24, 2.45) is 0 Å². The average molecular weight is 298 g/mol. The molecule has 1 N–H and O–H groups in total. The Morgan fingerprint density at radius 1 is 1.30 bits per heavy atom. The molecule has 0 amide bonds. The molecule has 0 atom stereocenters. The Morgan fingerprint density at radius 3 is 2.85 bits per heavy atom. The number of alkyl halides is 2. The predicted octanol–water partition coefficient (Wildman–Crippen LogP) is 3.64. The predicted molar refractivity (Wildman–Crippen MR) is 71.5 cm³/mol. The molecule has 4 nitrogen and oxygen atoms in total. The lowest BCUT2D eigenvalue weighted by Gasteiger charge is -2.05. The summed E-state index contributed by atoms with van der Waals surface area (Å²) in [5, 5.41) is 4.22. The highest BCUT2D eigenvalue weighted by Crippen LogP contribution is 2.42. The highest BCUT2D eigenvalue weighted by Gasteiger charge is 2.43. The molecule has 1 aliphatic rings. The van der Waals surface area contributed by atoms with Crippen molar-refractivity contribution in [1.82, 2.24) is 4.98 Å². The second kappa shape index (κ2) is 4.90. The number of nitrogens with one attached hydrogen (secondary N) is 1. The molecule has 1 aromatic carbocycles. The number of hydrogen-bond acceptors (Lipinski definition) is 5. The molecular formula is C13H12F2N2O2S. The number of benzene rings is 1. The van der Waals surface area contributed by atoms with E-state index in [0.29, 0.717) is 12.2 Å². The first kappa shape index (κ1) is 13.1. The number of hydrogen-bond donors (Lipinski definition) is 1. The number of anilines is 1. The fraction of sp³-hybridized carbons (Fsp3) is 0.308. The van der Waals surface area contributed by atoms with Crippen molar-refractivity contribution in [3.05, 3.63) is 34.3 Å². The standard InChI is InChI=1S/C13H12F2N2O2S/c1-2-12-17-7-9(20-12)6-16-8-3-4-10-11(5-8)19-13(14,15)18-10/h3-5,7,16H,2,6H2,1H3. The van der Waals surface area contributed by atoms with Crippen LogP contribution in [0.5, 0.6) is 11.5 Å². The van der Waals surface area contributed by atoms with Gasteiger partial charge in [-0.25, -0.2) is 4.98 Å². The summed E-state index contributed by atoms with van der Waals surface area (Å²) >= 11 is 1.63. The van der Waals surface area contributed by atoms with Crippen LogP contribution in [0.15, 0.2) is 24.4 Å². The van der Waals surface area contributed by atoms with Gasteiger partial charge in [-0.15, -0.1) is 20.1 Å². The van der Waals surface area contributed by atoms with E-state index < -0.39 is 6.29 Å². The molecule has 0 unspecified atom stereocenters. The van der Waals surface area contributed by atoms with E-state index in [1.807, 2.05) is 13.1 Å². The Bertz CT molecular complexity index is 631. The number of fused-ring (bicyclic) bond motifs is 1. The minimum atomic E-state index is -3.57. The number of nitrogens with zero attached hydrogens (tertiary/aromatic N) is 1. The van der Waals surface area contributed by atoms with Gasteiger partial charge in [-0.05, 0) is 18.6 Å². The Morgan fingerprint density at radius 2 is 2.10 bits per heavy atom. The zero-order chi connectivity index (χ0) is 14.2. The van der Waals surface area contributed by atoms with E-state index >= 15 is 0 Å². The third kappa shape index (κ3) is 2.67. The maximum Gasteiger partial charge on any atom is 0.586 e. The van der Waals surface area contributed by atoms with Crippen LogP contribution in [0.2, 0.25) is 0 Å². The highest BCUT2D eigenvalue weighted by molar-refractivity contribution is 7.11. The number of aromatic nitrogens is 1. The van der Waals surface area contributed by atoms with Crippen molar-refractivity contribution < 1.29 is 18.3 Å². The fourth-order valence-electron chi connectivity index (χ4n) is 1.84. The number of aryl methyl sites for hydroxylation is 1. The molecule has 1 aliphatic heterocycles. The van der Waals surface area contributed by atoms with Crippen LogP contribution >= 0.6 is 11.3 Å². The van der Waals surface area contributed by atoms with Crippen LogP contribution in [0, 0.1) is 0 Å². The molecule has 0 spiro atoms. The SMILES string of the molecule is CCc1ncc(CNc2ccc3c(c2)OC(F)(F)O3)s1. The zero-order valence-corrected chi connectivity index (χ0v) is 11.5. The molecule has 106 valence electrons. The monoisotopic (exact) mass is 298 g/mol. The third-order valence-electron chi connectivity index (χ3n) is 2.77. The van der Waals surface area contributed by atoms with E-state index in [0.717, 1.165) is 16.3 Å². The summed E-state index contributed by atoms with van der Waals surface area (Å²) in [5.41, 5.74) is 0.691. The van der Waals surface area contributed by atoms with Gasteiger partial charge < -0.3 is 14.8 Å². The van der Waals surface area contributed by atoms with Gasteiger partial charge in [0.15, 0.2) is 11.5 Å². The van der Waals surface area contributed by atoms with Gasteiger partial charge in [0.1, 0.15) is 0 Å². The first-order valence-corrected chi connectivity index (χ1v) is 6.95. The van der Waals surface area contributed by atoms with Gasteiger partial charge in [-0.1, -0.05) is 6.92 Å². The van der Waals surface area contributed by atoms with Crippen LogP contribution in [-0.2, 0) is 13.0 Å². The third-order valence-corrected chi connectivity index (χ3v) is 3.91. The van der Waals surface area contributed by atoms with Gasteiger partial charge in [-0.3, -0.25) is 0 Å². The highest BCUT2D eigenvalue weighted by atomic mass is 32.1. The van der Waals surface area contributed by atoms with Gasteiger partial charge in [0.25, 0.3) is 0 Å². The topological polar surface area (TPSA) is 43.4 Å². The first-order valence-electron chi connectivity index (χ1n) is 6.13. The number of halogens is 2. The number of rotatable bonds is 4. The van der Waals surface area contributed by atoms with Crippen molar-refractivity contribution >= 4 is 17.0 Å². The summed E-state index contributed by atoms with van der Waals surface area (Å²) < 4.78 is 34.5. The van der Waals surface area contributed by atoms with Crippen molar-refractivity contribution in [3.63, 3.8) is 0 Å². The molecule has 2 heterocycles. The van der Waals surface area contributed by atoms with Gasteiger partial charge >= 0.3 is 6.29 Å². The molecule has 3 rings (SSSR count). The summed E-state index contributed by atoms with van der Waals surface area (Å²) in [5.74, 6) is 0.0881. The zero-order valence-electron chi connectivity index (χ0n) is 10.7. The van der Waals surface area contributed by atoms with Crippen LogP contribution in [0.1, 0.15) is 16.8 Å². The van der Waals surface area contributed by atoms with Gasteiger partial charge in [0.05, 0.1) is 11.6 Å². The van der Waals surface area contributed by atoms with Crippen molar-refractivity contribution in [2.45, 2.75) is 26.2 Å². The molecule has 0 fully saturated rings. The summed E-state index contributed by atoms with van der Waals surface area (Å²) in [6.07, 6.45) is -0.851. The smallest absolute Gasteiger partial charge is 0.395 e. The van der Waals surface area contributed by atoms with Gasteiger partial charge in [0, 0.05) is 22.8 Å². The summed E-state index contributed by atoms with van der Waals surface area (Å²) in [6.45, 7) is 2.64.